The topological polar surface area (TPSA) is 59.4 Å². The second-order valence-electron chi connectivity index (χ2n) is 4.05. The third kappa shape index (κ3) is 2.53. The maximum absolute atomic E-state index is 10.8. The summed E-state index contributed by atoms with van der Waals surface area (Å²) in [5.74, 6) is -0.258. The highest BCUT2D eigenvalue weighted by atomic mass is 16.5. The van der Waals surface area contributed by atoms with Crippen molar-refractivity contribution in [1.29, 1.82) is 0 Å². The van der Waals surface area contributed by atoms with Crippen molar-refractivity contribution < 1.29 is 14.6 Å². The lowest BCUT2D eigenvalue weighted by Crippen LogP contribution is -2.05. The number of fused-ring (bicyclic) bond motifs is 1. The molecule has 0 fully saturated rings. The molecule has 1 aromatic heterocycles. The molecular formula is C13H13NO3. The maximum Gasteiger partial charge on any atom is 0.354 e. The molecule has 2 rings (SSSR count). The summed E-state index contributed by atoms with van der Waals surface area (Å²) in [5, 5.41) is 10.5. The van der Waals surface area contributed by atoms with Crippen LogP contribution >= 0.6 is 0 Å². The first-order valence-electron chi connectivity index (χ1n) is 5.36. The van der Waals surface area contributed by atoms with Crippen LogP contribution in [0, 0.1) is 0 Å². The Hall–Kier alpha value is -2.10. The highest BCUT2D eigenvalue weighted by Gasteiger charge is 2.06. The molecule has 0 spiro atoms. The largest absolute Gasteiger partial charge is 0.491 e. The molecule has 1 aromatic carbocycles. The fourth-order valence-corrected chi connectivity index (χ4v) is 1.58. The quantitative estimate of drug-likeness (QED) is 0.882. The van der Waals surface area contributed by atoms with E-state index in [0.717, 1.165) is 16.5 Å². The van der Waals surface area contributed by atoms with Crippen LogP contribution in [0.5, 0.6) is 5.75 Å². The van der Waals surface area contributed by atoms with Crippen LogP contribution in [-0.4, -0.2) is 22.2 Å². The highest BCUT2D eigenvalue weighted by Crippen LogP contribution is 2.21. The van der Waals surface area contributed by atoms with Gasteiger partial charge in [-0.2, -0.15) is 0 Å². The minimum absolute atomic E-state index is 0.0510. The van der Waals surface area contributed by atoms with Gasteiger partial charge < -0.3 is 9.84 Å². The predicted molar refractivity (Wildman–Crippen MR) is 64.5 cm³/mol. The van der Waals surface area contributed by atoms with E-state index >= 15 is 0 Å². The first kappa shape index (κ1) is 11.4. The van der Waals surface area contributed by atoms with Gasteiger partial charge in [0.15, 0.2) is 0 Å². The molecular weight excluding hydrogens is 218 g/mol. The summed E-state index contributed by atoms with van der Waals surface area (Å²) in [5.41, 5.74) is 0.0510. The zero-order valence-corrected chi connectivity index (χ0v) is 9.68. The van der Waals surface area contributed by atoms with E-state index in [9.17, 15) is 4.79 Å². The smallest absolute Gasteiger partial charge is 0.354 e. The van der Waals surface area contributed by atoms with Crippen molar-refractivity contribution in [1.82, 2.24) is 4.98 Å². The number of benzene rings is 1. The second-order valence-corrected chi connectivity index (χ2v) is 4.05. The molecule has 4 nitrogen and oxygen atoms in total. The van der Waals surface area contributed by atoms with Crippen LogP contribution in [0.3, 0.4) is 0 Å². The zero-order chi connectivity index (χ0) is 12.4. The number of nitrogens with zero attached hydrogens (tertiary/aromatic N) is 1. The van der Waals surface area contributed by atoms with Crippen molar-refractivity contribution in [2.45, 2.75) is 20.0 Å². The number of hydrogen-bond donors (Lipinski definition) is 1. The van der Waals surface area contributed by atoms with Gasteiger partial charge in [-0.25, -0.2) is 9.78 Å². The summed E-state index contributed by atoms with van der Waals surface area (Å²) in [6, 6.07) is 7.07. The van der Waals surface area contributed by atoms with E-state index < -0.39 is 5.97 Å². The van der Waals surface area contributed by atoms with E-state index in [4.69, 9.17) is 9.84 Å². The minimum Gasteiger partial charge on any atom is -0.491 e. The van der Waals surface area contributed by atoms with E-state index in [2.05, 4.69) is 4.98 Å². The Morgan fingerprint density at radius 1 is 1.29 bits per heavy atom. The maximum atomic E-state index is 10.8. The van der Waals surface area contributed by atoms with Crippen LogP contribution in [0.4, 0.5) is 0 Å². The Labute approximate surface area is 98.9 Å². The molecule has 0 unspecified atom stereocenters. The third-order valence-electron chi connectivity index (χ3n) is 2.28. The number of hydrogen-bond acceptors (Lipinski definition) is 3. The molecule has 0 saturated carbocycles. The first-order valence-corrected chi connectivity index (χ1v) is 5.36. The van der Waals surface area contributed by atoms with Crippen molar-refractivity contribution in [2.24, 2.45) is 0 Å². The van der Waals surface area contributed by atoms with Gasteiger partial charge in [0.25, 0.3) is 0 Å². The molecule has 1 N–H and O–H groups in total. The van der Waals surface area contributed by atoms with Crippen LogP contribution in [-0.2, 0) is 0 Å². The summed E-state index contributed by atoms with van der Waals surface area (Å²) in [4.78, 5) is 14.6. The van der Waals surface area contributed by atoms with E-state index in [1.165, 1.54) is 0 Å². The summed E-state index contributed by atoms with van der Waals surface area (Å²) in [6.07, 6.45) is 1.66. The van der Waals surface area contributed by atoms with Crippen molar-refractivity contribution in [3.8, 4) is 5.75 Å². The molecule has 0 amide bonds. The van der Waals surface area contributed by atoms with Crippen LogP contribution in [0.25, 0.3) is 10.8 Å². The zero-order valence-electron chi connectivity index (χ0n) is 9.68. The third-order valence-corrected chi connectivity index (χ3v) is 2.28. The molecule has 1 heterocycles. The van der Waals surface area contributed by atoms with Crippen LogP contribution < -0.4 is 4.74 Å². The van der Waals surface area contributed by atoms with Crippen molar-refractivity contribution >= 4 is 16.7 Å². The minimum atomic E-state index is -1.02. The number of rotatable bonds is 3. The first-order chi connectivity index (χ1) is 8.06. The van der Waals surface area contributed by atoms with Gasteiger partial charge in [0, 0.05) is 11.6 Å². The van der Waals surface area contributed by atoms with Gasteiger partial charge in [0.2, 0.25) is 0 Å². The molecule has 0 aliphatic rings. The van der Waals surface area contributed by atoms with Crippen molar-refractivity contribution in [2.75, 3.05) is 0 Å². The van der Waals surface area contributed by atoms with Crippen molar-refractivity contribution in [3.63, 3.8) is 0 Å². The molecule has 2 aromatic rings. The molecule has 0 saturated heterocycles. The van der Waals surface area contributed by atoms with Gasteiger partial charge in [-0.15, -0.1) is 0 Å². The Kier molecular flexibility index (Phi) is 2.95. The molecule has 17 heavy (non-hydrogen) atoms. The van der Waals surface area contributed by atoms with Gasteiger partial charge in [0.05, 0.1) is 6.10 Å². The monoisotopic (exact) mass is 231 g/mol. The number of carboxylic acid groups (broad SMARTS) is 1. The number of aromatic nitrogens is 1. The summed E-state index contributed by atoms with van der Waals surface area (Å²) >= 11 is 0. The summed E-state index contributed by atoms with van der Waals surface area (Å²) in [7, 11) is 0. The molecule has 88 valence electrons. The second kappa shape index (κ2) is 4.41. The Morgan fingerprint density at radius 2 is 2.06 bits per heavy atom. The van der Waals surface area contributed by atoms with Crippen molar-refractivity contribution in [3.05, 3.63) is 36.2 Å². The van der Waals surface area contributed by atoms with Gasteiger partial charge in [-0.05, 0) is 37.4 Å². The lowest BCUT2D eigenvalue weighted by Gasteiger charge is -2.10. The predicted octanol–water partition coefficient (Wildman–Crippen LogP) is 2.72. The SMILES string of the molecule is CC(C)Oc1ccc2cc(C(=O)O)ncc2c1. The van der Waals surface area contributed by atoms with Gasteiger partial charge in [-0.1, -0.05) is 6.07 Å². The molecule has 0 aliphatic carbocycles. The van der Waals surface area contributed by atoms with E-state index in [1.807, 2.05) is 32.0 Å². The van der Waals surface area contributed by atoms with E-state index in [1.54, 1.807) is 12.3 Å². The Morgan fingerprint density at radius 3 is 2.71 bits per heavy atom. The molecule has 0 aliphatic heterocycles. The lowest BCUT2D eigenvalue weighted by atomic mass is 10.1. The molecule has 0 radical (unpaired) electrons. The van der Waals surface area contributed by atoms with Gasteiger partial charge in [0.1, 0.15) is 11.4 Å². The lowest BCUT2D eigenvalue weighted by molar-refractivity contribution is 0.0690. The average Bonchev–Trinajstić information content (AvgIpc) is 2.27. The summed E-state index contributed by atoms with van der Waals surface area (Å²) in [6.45, 7) is 3.91. The Balaban J connectivity index is 2.43. The number of ether oxygens (including phenoxy) is 1. The standard InChI is InChI=1S/C13H13NO3/c1-8(2)17-11-4-3-9-6-12(13(15)16)14-7-10(9)5-11/h3-8H,1-2H3,(H,15,16). The van der Waals surface area contributed by atoms with Crippen LogP contribution in [0.2, 0.25) is 0 Å². The number of carboxylic acids is 1. The number of aromatic carboxylic acids is 1. The van der Waals surface area contributed by atoms with Gasteiger partial charge >= 0.3 is 5.97 Å². The van der Waals surface area contributed by atoms with Crippen LogP contribution in [0.15, 0.2) is 30.5 Å². The molecule has 0 bridgehead atoms. The average molecular weight is 231 g/mol. The molecule has 0 atom stereocenters. The Bertz CT molecular complexity index is 564. The van der Waals surface area contributed by atoms with Crippen LogP contribution in [0.1, 0.15) is 24.3 Å². The highest BCUT2D eigenvalue weighted by molar-refractivity contribution is 5.92. The normalized spacial score (nSPS) is 10.8. The van der Waals surface area contributed by atoms with E-state index in [0.29, 0.717) is 0 Å². The fourth-order valence-electron chi connectivity index (χ4n) is 1.58. The van der Waals surface area contributed by atoms with Gasteiger partial charge in [-0.3, -0.25) is 0 Å². The number of carbonyl (C=O) groups is 1. The molecule has 4 heteroatoms. The number of pyridine rings is 1. The fraction of sp³-hybridized carbons (Fsp3) is 0.231. The van der Waals surface area contributed by atoms with E-state index in [-0.39, 0.29) is 11.8 Å². The summed E-state index contributed by atoms with van der Waals surface area (Å²) < 4.78 is 5.56.